The Hall–Kier alpha value is 0.220. The molecule has 3 N–H and O–H groups in total. The Labute approximate surface area is 356 Å². The van der Waals surface area contributed by atoms with E-state index >= 15 is 0 Å². The molecular weight excluding hydrogens is 843 g/mol. The van der Waals surface area contributed by atoms with Gasteiger partial charge < -0.3 is 15.5 Å². The lowest BCUT2D eigenvalue weighted by molar-refractivity contribution is -0.143. The lowest BCUT2D eigenvalue weighted by atomic mass is 9.97. The summed E-state index contributed by atoms with van der Waals surface area (Å²) < 4.78 is -1.25. The van der Waals surface area contributed by atoms with Gasteiger partial charge in [-0.1, -0.05) is 127 Å². The molecule has 0 radical (unpaired) electrons. The maximum absolute atomic E-state index is 12.6. The second kappa shape index (κ2) is 27.8. The van der Waals surface area contributed by atoms with Crippen molar-refractivity contribution in [3.63, 3.8) is 0 Å². The van der Waals surface area contributed by atoms with Crippen molar-refractivity contribution in [3.8, 4) is 0 Å². The standard InChI is InChI=1S/C19H32O4S4.C18H31NO4S4/c1-13(2)16(20)8-6-5-7-15-9-10-24-25-12-14(18(22)23)11-17(21)19(3,4)27-26-15;1-12(2)15(20)8-6-5-7-13-9-10-24-27-18(3,4)17(23)19-14(16(21)22)11-25-26-13/h13-15H,5-12H2,1-4H3,(H,22,23);12-14H,5-11H2,1-4H3,(H,19,23)(H,21,22). The Morgan fingerprint density at radius 2 is 1.22 bits per heavy atom. The van der Waals surface area contributed by atoms with E-state index in [4.69, 9.17) is 0 Å². The molecule has 2 saturated heterocycles. The van der Waals surface area contributed by atoms with Gasteiger partial charge in [0.05, 0.1) is 15.4 Å². The first-order valence-corrected chi connectivity index (χ1v) is 28.2. The van der Waals surface area contributed by atoms with Gasteiger partial charge in [-0.25, -0.2) is 4.79 Å². The van der Waals surface area contributed by atoms with E-state index in [2.05, 4.69) is 5.32 Å². The predicted octanol–water partition coefficient (Wildman–Crippen LogP) is 10.4. The van der Waals surface area contributed by atoms with Gasteiger partial charge in [0, 0.05) is 64.6 Å². The van der Waals surface area contributed by atoms with Crippen LogP contribution in [0.4, 0.5) is 0 Å². The van der Waals surface area contributed by atoms with E-state index < -0.39 is 33.4 Å². The van der Waals surface area contributed by atoms with Gasteiger partial charge in [0.2, 0.25) is 5.91 Å². The average molecular weight is 906 g/mol. The Balaban J connectivity index is 0.000000540. The molecule has 4 atom stereocenters. The molecule has 0 spiro atoms. The predicted molar refractivity (Wildman–Crippen MR) is 242 cm³/mol. The van der Waals surface area contributed by atoms with Crippen LogP contribution in [0.1, 0.15) is 126 Å². The van der Waals surface area contributed by atoms with Crippen molar-refractivity contribution in [2.75, 3.05) is 23.0 Å². The normalized spacial score (nSPS) is 24.7. The molecule has 1 amide bonds. The zero-order valence-electron chi connectivity index (χ0n) is 33.2. The zero-order valence-corrected chi connectivity index (χ0v) is 39.7. The van der Waals surface area contributed by atoms with E-state index in [9.17, 15) is 39.0 Å². The van der Waals surface area contributed by atoms with Crippen LogP contribution in [0.15, 0.2) is 0 Å². The van der Waals surface area contributed by atoms with Gasteiger partial charge in [-0.15, -0.1) is 0 Å². The molecule has 2 aliphatic rings. The number of aliphatic carboxylic acids is 2. The quantitative estimate of drug-likeness (QED) is 0.112. The molecule has 0 bridgehead atoms. The van der Waals surface area contributed by atoms with E-state index in [-0.39, 0.29) is 29.9 Å². The van der Waals surface area contributed by atoms with Crippen molar-refractivity contribution in [1.29, 1.82) is 0 Å². The maximum atomic E-state index is 12.6. The third kappa shape index (κ3) is 22.4. The van der Waals surface area contributed by atoms with Crippen LogP contribution in [0.5, 0.6) is 0 Å². The van der Waals surface area contributed by atoms with Gasteiger partial charge in [0.15, 0.2) is 0 Å². The van der Waals surface area contributed by atoms with E-state index in [1.165, 1.54) is 21.6 Å². The number of hydrogen-bond donors (Lipinski definition) is 3. The number of ketones is 3. The molecule has 0 aromatic heterocycles. The van der Waals surface area contributed by atoms with Gasteiger partial charge in [0.1, 0.15) is 23.4 Å². The van der Waals surface area contributed by atoms with Crippen LogP contribution in [0.2, 0.25) is 0 Å². The number of nitrogens with one attached hydrogen (secondary N) is 1. The molecular formula is C37H63NO8S8. The first kappa shape index (κ1) is 52.2. The molecule has 0 aromatic carbocycles. The highest BCUT2D eigenvalue weighted by atomic mass is 33.1. The first-order valence-electron chi connectivity index (χ1n) is 18.8. The monoisotopic (exact) mass is 905 g/mol. The summed E-state index contributed by atoms with van der Waals surface area (Å²) in [4.78, 5) is 71.3. The molecule has 17 heteroatoms. The van der Waals surface area contributed by atoms with Gasteiger partial charge in [0.25, 0.3) is 0 Å². The van der Waals surface area contributed by atoms with Crippen molar-refractivity contribution in [1.82, 2.24) is 5.32 Å². The van der Waals surface area contributed by atoms with Gasteiger partial charge in [-0.2, -0.15) is 0 Å². The number of carboxylic acid groups (broad SMARTS) is 2. The zero-order chi connectivity index (χ0) is 40.9. The fourth-order valence-corrected chi connectivity index (χ4v) is 16.0. The average Bonchev–Trinajstić information content (AvgIpc) is 3.09. The molecule has 4 unspecified atom stereocenters. The molecule has 0 aliphatic carbocycles. The number of carbonyl (C=O) groups excluding carboxylic acids is 4. The number of carbonyl (C=O) groups is 6. The van der Waals surface area contributed by atoms with Crippen LogP contribution in [0.3, 0.4) is 0 Å². The van der Waals surface area contributed by atoms with E-state index in [0.29, 0.717) is 46.4 Å². The van der Waals surface area contributed by atoms with E-state index in [0.717, 1.165) is 62.9 Å². The van der Waals surface area contributed by atoms with Gasteiger partial charge in [-0.05, 0) is 66.2 Å². The Morgan fingerprint density at radius 1 is 0.685 bits per heavy atom. The molecule has 2 heterocycles. The van der Waals surface area contributed by atoms with Crippen LogP contribution in [0, 0.1) is 17.8 Å². The highest BCUT2D eigenvalue weighted by Gasteiger charge is 2.35. The van der Waals surface area contributed by atoms with Crippen LogP contribution >= 0.6 is 86.4 Å². The summed E-state index contributed by atoms with van der Waals surface area (Å²) >= 11 is 0. The number of unbranched alkanes of at least 4 members (excludes halogenated alkanes) is 2. The topological polar surface area (TPSA) is 155 Å². The smallest absolute Gasteiger partial charge is 0.327 e. The summed E-state index contributed by atoms with van der Waals surface area (Å²) in [6, 6.07) is -0.872. The Bertz CT molecular complexity index is 1200. The maximum Gasteiger partial charge on any atom is 0.327 e. The first-order chi connectivity index (χ1) is 25.3. The Morgan fingerprint density at radius 3 is 1.74 bits per heavy atom. The van der Waals surface area contributed by atoms with Gasteiger partial charge >= 0.3 is 11.9 Å². The SMILES string of the molecule is CC(C)C(=O)CCCCC1CCSSC(C)(C)C(=O)NC(C(=O)O)CSS1.CC(C)C(=O)CCCCC1CCSSCC(C(=O)O)CC(=O)C(C)(C)SS1. The summed E-state index contributed by atoms with van der Waals surface area (Å²) in [5, 5.41) is 22.3. The molecule has 2 rings (SSSR count). The van der Waals surface area contributed by atoms with Crippen molar-refractivity contribution in [2.45, 2.75) is 152 Å². The fraction of sp³-hybridized carbons (Fsp3) is 0.838. The van der Waals surface area contributed by atoms with Crippen LogP contribution in [-0.4, -0.2) is 94.5 Å². The van der Waals surface area contributed by atoms with E-state index in [1.54, 1.807) is 64.8 Å². The summed E-state index contributed by atoms with van der Waals surface area (Å²) in [6.45, 7) is 15.2. The van der Waals surface area contributed by atoms with Crippen LogP contribution < -0.4 is 5.32 Å². The van der Waals surface area contributed by atoms with E-state index in [1.807, 2.05) is 55.4 Å². The van der Waals surface area contributed by atoms with Crippen molar-refractivity contribution in [2.24, 2.45) is 17.8 Å². The minimum absolute atomic E-state index is 0.0138. The fourth-order valence-electron chi connectivity index (χ4n) is 4.81. The largest absolute Gasteiger partial charge is 0.481 e. The third-order valence-corrected chi connectivity index (χ3v) is 21.3. The number of carboxylic acids is 2. The summed E-state index contributed by atoms with van der Waals surface area (Å²) in [7, 11) is 13.0. The molecule has 2 fully saturated rings. The minimum Gasteiger partial charge on any atom is -0.481 e. The van der Waals surface area contributed by atoms with Crippen molar-refractivity contribution in [3.05, 3.63) is 0 Å². The van der Waals surface area contributed by atoms with Crippen molar-refractivity contribution >= 4 is 122 Å². The highest BCUT2D eigenvalue weighted by Crippen LogP contribution is 2.44. The molecule has 54 heavy (non-hydrogen) atoms. The molecule has 0 saturated carbocycles. The number of Topliss-reactive ketones (excluding diaryl/α,β-unsaturated/α-hetero) is 3. The molecule has 0 aromatic rings. The molecule has 9 nitrogen and oxygen atoms in total. The number of amides is 1. The summed E-state index contributed by atoms with van der Waals surface area (Å²) in [5.41, 5.74) is 0. The van der Waals surface area contributed by atoms with Crippen molar-refractivity contribution < 1.29 is 39.0 Å². The minimum atomic E-state index is -0.995. The highest BCUT2D eigenvalue weighted by molar-refractivity contribution is 8.78. The molecule has 2 aliphatic heterocycles. The lowest BCUT2D eigenvalue weighted by Gasteiger charge is -2.27. The number of hydrogen-bond acceptors (Lipinski definition) is 14. The second-order valence-electron chi connectivity index (χ2n) is 15.2. The van der Waals surface area contributed by atoms with Gasteiger partial charge in [-0.3, -0.25) is 24.0 Å². The second-order valence-corrected chi connectivity index (χ2v) is 26.7. The van der Waals surface area contributed by atoms with Crippen LogP contribution in [-0.2, 0) is 28.8 Å². The Kier molecular flexibility index (Phi) is 26.9. The van der Waals surface area contributed by atoms with Crippen LogP contribution in [0.25, 0.3) is 0 Å². The summed E-state index contributed by atoms with van der Waals surface area (Å²) in [5.74, 6) is 0.944. The summed E-state index contributed by atoms with van der Waals surface area (Å²) in [6.07, 6.45) is 9.44. The lowest BCUT2D eigenvalue weighted by Crippen LogP contribution is -2.49. The third-order valence-electron chi connectivity index (χ3n) is 8.79. The molecule has 312 valence electrons. The number of rotatable bonds is 14.